The number of rotatable bonds is 3. The number of para-hydroxylation sites is 1. The van der Waals surface area contributed by atoms with Gasteiger partial charge in [-0.25, -0.2) is 9.97 Å². The van der Waals surface area contributed by atoms with Crippen molar-refractivity contribution in [3.05, 3.63) is 42.6 Å². The van der Waals surface area contributed by atoms with E-state index >= 15 is 0 Å². The quantitative estimate of drug-likeness (QED) is 0.785. The molecule has 1 saturated carbocycles. The van der Waals surface area contributed by atoms with Crippen LogP contribution in [-0.2, 0) is 4.79 Å². The van der Waals surface area contributed by atoms with E-state index in [9.17, 15) is 4.79 Å². The molecule has 0 bridgehead atoms. The Hall–Kier alpha value is -2.67. The second-order valence-corrected chi connectivity index (χ2v) is 7.36. The summed E-state index contributed by atoms with van der Waals surface area (Å²) < 4.78 is 6.65. The minimum atomic E-state index is -0.0189. The van der Waals surface area contributed by atoms with Gasteiger partial charge < -0.3 is 10.1 Å². The summed E-state index contributed by atoms with van der Waals surface area (Å²) in [6.45, 7) is 0.0885. The number of thiazole rings is 1. The highest BCUT2D eigenvalue weighted by Gasteiger charge is 2.40. The molecule has 0 unspecified atom stereocenters. The second-order valence-electron chi connectivity index (χ2n) is 6.33. The summed E-state index contributed by atoms with van der Waals surface area (Å²) in [5.41, 5.74) is 1.02. The number of pyridine rings is 1. The van der Waals surface area contributed by atoms with Gasteiger partial charge in [0.2, 0.25) is 0 Å². The topological polar surface area (TPSA) is 67.3 Å². The molecule has 1 aliphatic carbocycles. The van der Waals surface area contributed by atoms with Crippen LogP contribution >= 0.6 is 11.3 Å². The Morgan fingerprint density at radius 2 is 2.08 bits per heavy atom. The Balaban J connectivity index is 1.29. The number of nitrogens with one attached hydrogen (secondary N) is 1. The molecule has 1 amide bonds. The molecule has 1 fully saturated rings. The van der Waals surface area contributed by atoms with Crippen molar-refractivity contribution in [3.63, 3.8) is 0 Å². The maximum atomic E-state index is 12.3. The summed E-state index contributed by atoms with van der Waals surface area (Å²) in [5.74, 6) is 1.31. The molecule has 2 aromatic heterocycles. The number of carbonyl (C=O) groups excluding carboxylic acids is 1. The van der Waals surface area contributed by atoms with Crippen LogP contribution in [0.2, 0.25) is 0 Å². The molecule has 1 N–H and O–H groups in total. The third kappa shape index (κ3) is 2.51. The minimum absolute atomic E-state index is 0.0189. The molecule has 0 atom stereocenters. The lowest BCUT2D eigenvalue weighted by atomic mass is 9.85. The molecule has 1 aliphatic heterocycles. The van der Waals surface area contributed by atoms with Gasteiger partial charge in [-0.15, -0.1) is 0 Å². The molecule has 25 heavy (non-hydrogen) atoms. The Morgan fingerprint density at radius 1 is 1.20 bits per heavy atom. The van der Waals surface area contributed by atoms with Crippen molar-refractivity contribution in [1.82, 2.24) is 9.97 Å². The van der Waals surface area contributed by atoms with E-state index in [0.717, 1.165) is 23.5 Å². The zero-order chi connectivity index (χ0) is 16.8. The van der Waals surface area contributed by atoms with Crippen molar-refractivity contribution < 1.29 is 9.53 Å². The number of hydrogen-bond donors (Lipinski definition) is 1. The van der Waals surface area contributed by atoms with E-state index in [-0.39, 0.29) is 18.6 Å². The highest BCUT2D eigenvalue weighted by molar-refractivity contribution is 7.22. The number of benzene rings is 1. The lowest BCUT2D eigenvalue weighted by Crippen LogP contribution is -2.55. The molecule has 7 heteroatoms. The van der Waals surface area contributed by atoms with Crippen LogP contribution in [0.4, 0.5) is 10.9 Å². The van der Waals surface area contributed by atoms with Crippen molar-refractivity contribution >= 4 is 38.4 Å². The average molecular weight is 352 g/mol. The molecular weight excluding hydrogens is 336 g/mol. The van der Waals surface area contributed by atoms with Gasteiger partial charge in [-0.3, -0.25) is 9.69 Å². The highest BCUT2D eigenvalue weighted by atomic mass is 32.1. The minimum Gasteiger partial charge on any atom is -0.480 e. The zero-order valence-electron chi connectivity index (χ0n) is 13.4. The monoisotopic (exact) mass is 352 g/mol. The zero-order valence-corrected chi connectivity index (χ0v) is 14.2. The van der Waals surface area contributed by atoms with Crippen molar-refractivity contribution in [2.45, 2.75) is 24.9 Å². The number of hydrogen-bond acceptors (Lipinski definition) is 6. The molecule has 0 radical (unpaired) electrons. The van der Waals surface area contributed by atoms with Gasteiger partial charge in [-0.2, -0.15) is 0 Å². The molecule has 5 rings (SSSR count). The van der Waals surface area contributed by atoms with Crippen LogP contribution in [0.1, 0.15) is 12.8 Å². The van der Waals surface area contributed by atoms with E-state index in [1.165, 1.54) is 4.70 Å². The Kier molecular flexibility index (Phi) is 3.34. The fourth-order valence-corrected chi connectivity index (χ4v) is 4.35. The number of ether oxygens (including phenoxy) is 1. The summed E-state index contributed by atoms with van der Waals surface area (Å²) in [6, 6.07) is 12.3. The predicted molar refractivity (Wildman–Crippen MR) is 97.3 cm³/mol. The number of carbonyl (C=O) groups is 1. The number of anilines is 2. The fraction of sp³-hybridized carbons (Fsp3) is 0.278. The molecule has 0 spiro atoms. The van der Waals surface area contributed by atoms with Gasteiger partial charge in [-0.1, -0.05) is 23.5 Å². The fourth-order valence-electron chi connectivity index (χ4n) is 3.40. The van der Waals surface area contributed by atoms with Crippen molar-refractivity contribution in [3.8, 4) is 5.75 Å². The molecular formula is C18H16N4O2S. The van der Waals surface area contributed by atoms with Gasteiger partial charge in [0.05, 0.1) is 10.2 Å². The standard InChI is InChI=1S/C18H16N4O2S/c23-16-10-24-14-5-3-7-19-17(14)22(16)12-8-11(9-12)20-18-21-13-4-1-2-6-15(13)25-18/h1-7,11-12H,8-10H2,(H,20,21)/t11-,12-. The van der Waals surface area contributed by atoms with Gasteiger partial charge in [-0.05, 0) is 37.1 Å². The Bertz CT molecular complexity index is 918. The molecule has 126 valence electrons. The summed E-state index contributed by atoms with van der Waals surface area (Å²) in [4.78, 5) is 23.1. The second kappa shape index (κ2) is 5.70. The first kappa shape index (κ1) is 14.7. The van der Waals surface area contributed by atoms with Crippen LogP contribution < -0.4 is 15.0 Å². The number of aromatic nitrogens is 2. The first-order chi connectivity index (χ1) is 12.3. The Morgan fingerprint density at radius 3 is 2.96 bits per heavy atom. The van der Waals surface area contributed by atoms with Crippen LogP contribution in [0, 0.1) is 0 Å². The number of nitrogens with zero attached hydrogens (tertiary/aromatic N) is 3. The molecule has 2 aliphatic rings. The largest absolute Gasteiger partial charge is 0.480 e. The van der Waals surface area contributed by atoms with E-state index in [1.54, 1.807) is 22.4 Å². The van der Waals surface area contributed by atoms with Crippen LogP contribution in [0.5, 0.6) is 5.75 Å². The van der Waals surface area contributed by atoms with Crippen molar-refractivity contribution in [2.24, 2.45) is 0 Å². The maximum absolute atomic E-state index is 12.3. The predicted octanol–water partition coefficient (Wildman–Crippen LogP) is 3.06. The Labute approximate surface area is 148 Å². The van der Waals surface area contributed by atoms with E-state index in [4.69, 9.17) is 4.74 Å². The van der Waals surface area contributed by atoms with Crippen LogP contribution in [0.25, 0.3) is 10.2 Å². The van der Waals surface area contributed by atoms with E-state index in [2.05, 4.69) is 21.4 Å². The van der Waals surface area contributed by atoms with Crippen molar-refractivity contribution in [2.75, 3.05) is 16.8 Å². The summed E-state index contributed by atoms with van der Waals surface area (Å²) in [6.07, 6.45) is 3.47. The number of amides is 1. The lowest BCUT2D eigenvalue weighted by molar-refractivity contribution is -0.122. The SMILES string of the molecule is O=C1COc2cccnc2N1[C@H]1C[C@H](Nc2nc3ccccc3s2)C1. The lowest BCUT2D eigenvalue weighted by Gasteiger charge is -2.44. The van der Waals surface area contributed by atoms with Gasteiger partial charge >= 0.3 is 0 Å². The molecule has 3 aromatic rings. The van der Waals surface area contributed by atoms with E-state index < -0.39 is 0 Å². The van der Waals surface area contributed by atoms with E-state index in [0.29, 0.717) is 17.6 Å². The molecule has 3 heterocycles. The van der Waals surface area contributed by atoms with Gasteiger partial charge in [0.25, 0.3) is 5.91 Å². The maximum Gasteiger partial charge on any atom is 0.266 e. The first-order valence-electron chi connectivity index (χ1n) is 8.30. The number of fused-ring (bicyclic) bond motifs is 2. The molecule has 0 saturated heterocycles. The first-order valence-corrected chi connectivity index (χ1v) is 9.11. The summed E-state index contributed by atoms with van der Waals surface area (Å²) in [7, 11) is 0. The average Bonchev–Trinajstić information content (AvgIpc) is 3.01. The summed E-state index contributed by atoms with van der Waals surface area (Å²) in [5, 5.41) is 4.43. The highest BCUT2D eigenvalue weighted by Crippen LogP contribution is 2.38. The van der Waals surface area contributed by atoms with Gasteiger partial charge in [0.15, 0.2) is 23.3 Å². The van der Waals surface area contributed by atoms with Gasteiger partial charge in [0, 0.05) is 18.3 Å². The molecule has 6 nitrogen and oxygen atoms in total. The normalized spacial score (nSPS) is 22.2. The van der Waals surface area contributed by atoms with Crippen LogP contribution in [0.15, 0.2) is 42.6 Å². The van der Waals surface area contributed by atoms with Crippen LogP contribution in [0.3, 0.4) is 0 Å². The van der Waals surface area contributed by atoms with E-state index in [1.807, 2.05) is 30.3 Å². The van der Waals surface area contributed by atoms with Crippen LogP contribution in [-0.4, -0.2) is 34.6 Å². The molecule has 1 aromatic carbocycles. The third-order valence-corrected chi connectivity index (χ3v) is 5.67. The third-order valence-electron chi connectivity index (χ3n) is 4.70. The smallest absolute Gasteiger partial charge is 0.266 e. The van der Waals surface area contributed by atoms with Gasteiger partial charge in [0.1, 0.15) is 0 Å². The summed E-state index contributed by atoms with van der Waals surface area (Å²) >= 11 is 1.67. The van der Waals surface area contributed by atoms with Crippen molar-refractivity contribution in [1.29, 1.82) is 0 Å².